The van der Waals surface area contributed by atoms with E-state index in [1.165, 1.54) is 0 Å². The van der Waals surface area contributed by atoms with Crippen molar-refractivity contribution in [1.29, 1.82) is 0 Å². The molecule has 1 aromatic heterocycles. The molecule has 0 bridgehead atoms. The molecule has 76 valence electrons. The standard InChI is InChI=1S/C10H8N2.CH2O2/c1-2-5-9(6-3-1)10-11-7-4-8-12-10;2-1-3/h1-8H;1H,(H,2,3). The molecule has 0 amide bonds. The first kappa shape index (κ1) is 10.8. The number of carbonyl (C=O) groups is 1. The van der Waals surface area contributed by atoms with Crippen LogP contribution in [-0.2, 0) is 4.79 Å². The molecule has 1 N–H and O–H groups in total. The van der Waals surface area contributed by atoms with Crippen LogP contribution in [0.2, 0.25) is 0 Å². The topological polar surface area (TPSA) is 63.1 Å². The average Bonchev–Trinajstić information content (AvgIpc) is 2.32. The predicted molar refractivity (Wildman–Crippen MR) is 56.2 cm³/mol. The van der Waals surface area contributed by atoms with Crippen molar-refractivity contribution in [2.45, 2.75) is 0 Å². The van der Waals surface area contributed by atoms with Crippen LogP contribution in [0.1, 0.15) is 0 Å². The Balaban J connectivity index is 0.000000337. The van der Waals surface area contributed by atoms with Crippen molar-refractivity contribution in [3.8, 4) is 11.4 Å². The van der Waals surface area contributed by atoms with E-state index in [-0.39, 0.29) is 6.47 Å². The molecule has 2 rings (SSSR count). The zero-order valence-electron chi connectivity index (χ0n) is 7.95. The summed E-state index contributed by atoms with van der Waals surface area (Å²) in [5.74, 6) is 0.776. The molecule has 0 saturated heterocycles. The molecule has 0 saturated carbocycles. The van der Waals surface area contributed by atoms with Crippen molar-refractivity contribution in [1.82, 2.24) is 9.97 Å². The van der Waals surface area contributed by atoms with Gasteiger partial charge in [0.05, 0.1) is 0 Å². The fraction of sp³-hybridized carbons (Fsp3) is 0. The zero-order valence-corrected chi connectivity index (χ0v) is 7.95. The summed E-state index contributed by atoms with van der Waals surface area (Å²) >= 11 is 0. The van der Waals surface area contributed by atoms with E-state index in [0.717, 1.165) is 11.4 Å². The van der Waals surface area contributed by atoms with Gasteiger partial charge in [-0.25, -0.2) is 9.97 Å². The van der Waals surface area contributed by atoms with Crippen LogP contribution in [0.15, 0.2) is 48.8 Å². The van der Waals surface area contributed by atoms with Crippen molar-refractivity contribution in [2.75, 3.05) is 0 Å². The molecule has 15 heavy (non-hydrogen) atoms. The minimum atomic E-state index is -0.250. The maximum atomic E-state index is 8.36. The second-order valence-electron chi connectivity index (χ2n) is 2.54. The van der Waals surface area contributed by atoms with Gasteiger partial charge in [-0.3, -0.25) is 4.79 Å². The first-order chi connectivity index (χ1) is 7.38. The van der Waals surface area contributed by atoms with Crippen molar-refractivity contribution in [2.24, 2.45) is 0 Å². The van der Waals surface area contributed by atoms with Crippen molar-refractivity contribution >= 4 is 6.47 Å². The summed E-state index contributed by atoms with van der Waals surface area (Å²) in [4.78, 5) is 16.6. The van der Waals surface area contributed by atoms with Gasteiger partial charge in [-0.05, 0) is 6.07 Å². The number of aromatic nitrogens is 2. The van der Waals surface area contributed by atoms with Crippen molar-refractivity contribution < 1.29 is 9.90 Å². The molecule has 2 aromatic rings. The van der Waals surface area contributed by atoms with E-state index in [4.69, 9.17) is 9.90 Å². The summed E-state index contributed by atoms with van der Waals surface area (Å²) in [6.07, 6.45) is 3.49. The summed E-state index contributed by atoms with van der Waals surface area (Å²) in [7, 11) is 0. The Labute approximate surface area is 87.3 Å². The van der Waals surface area contributed by atoms with E-state index >= 15 is 0 Å². The number of hydrogen-bond donors (Lipinski definition) is 1. The Morgan fingerprint density at radius 2 is 1.53 bits per heavy atom. The summed E-state index contributed by atoms with van der Waals surface area (Å²) in [6, 6.07) is 11.7. The fourth-order valence-electron chi connectivity index (χ4n) is 1.04. The van der Waals surface area contributed by atoms with Gasteiger partial charge in [-0.2, -0.15) is 0 Å². The van der Waals surface area contributed by atoms with Gasteiger partial charge in [0.2, 0.25) is 0 Å². The first-order valence-electron chi connectivity index (χ1n) is 4.28. The molecule has 1 heterocycles. The zero-order chi connectivity index (χ0) is 10.9. The molecule has 0 radical (unpaired) electrons. The van der Waals surface area contributed by atoms with Gasteiger partial charge in [-0.15, -0.1) is 0 Å². The molecular formula is C11H10N2O2. The van der Waals surface area contributed by atoms with Crippen LogP contribution < -0.4 is 0 Å². The van der Waals surface area contributed by atoms with Crippen LogP contribution in [0.3, 0.4) is 0 Å². The van der Waals surface area contributed by atoms with Crippen LogP contribution in [0, 0.1) is 0 Å². The minimum Gasteiger partial charge on any atom is -0.483 e. The predicted octanol–water partition coefficient (Wildman–Crippen LogP) is 1.84. The molecule has 4 heteroatoms. The SMILES string of the molecule is O=CO.c1ccc(-c2ncccn2)cc1. The minimum absolute atomic E-state index is 0.250. The second-order valence-corrected chi connectivity index (χ2v) is 2.54. The molecule has 0 spiro atoms. The second kappa shape index (κ2) is 6.26. The Hall–Kier alpha value is -2.23. The largest absolute Gasteiger partial charge is 0.483 e. The van der Waals surface area contributed by atoms with Crippen LogP contribution >= 0.6 is 0 Å². The average molecular weight is 202 g/mol. The molecule has 0 fully saturated rings. The van der Waals surface area contributed by atoms with Gasteiger partial charge >= 0.3 is 0 Å². The Morgan fingerprint density at radius 3 is 2.07 bits per heavy atom. The summed E-state index contributed by atoms with van der Waals surface area (Å²) in [5.41, 5.74) is 1.05. The maximum Gasteiger partial charge on any atom is 0.290 e. The molecule has 4 nitrogen and oxygen atoms in total. The molecule has 1 aromatic carbocycles. The highest BCUT2D eigenvalue weighted by molar-refractivity contribution is 5.53. The van der Waals surface area contributed by atoms with E-state index < -0.39 is 0 Å². The first-order valence-corrected chi connectivity index (χ1v) is 4.28. The lowest BCUT2D eigenvalue weighted by atomic mass is 10.2. The number of hydrogen-bond acceptors (Lipinski definition) is 3. The van der Waals surface area contributed by atoms with E-state index in [0.29, 0.717) is 0 Å². The lowest BCUT2D eigenvalue weighted by Gasteiger charge is -1.96. The number of carboxylic acid groups (broad SMARTS) is 1. The van der Waals surface area contributed by atoms with Gasteiger partial charge in [0.1, 0.15) is 0 Å². The normalized spacial score (nSPS) is 8.53. The molecular weight excluding hydrogens is 192 g/mol. The quantitative estimate of drug-likeness (QED) is 0.717. The summed E-state index contributed by atoms with van der Waals surface area (Å²) in [5, 5.41) is 6.89. The summed E-state index contributed by atoms with van der Waals surface area (Å²) in [6.45, 7) is -0.250. The Morgan fingerprint density at radius 1 is 1.00 bits per heavy atom. The number of benzene rings is 1. The highest BCUT2D eigenvalue weighted by Gasteiger charge is 1.95. The lowest BCUT2D eigenvalue weighted by Crippen LogP contribution is -1.84. The van der Waals surface area contributed by atoms with Gasteiger partial charge in [0, 0.05) is 18.0 Å². The third kappa shape index (κ3) is 3.56. The van der Waals surface area contributed by atoms with Crippen LogP contribution in [0.25, 0.3) is 11.4 Å². The van der Waals surface area contributed by atoms with Gasteiger partial charge in [0.15, 0.2) is 5.82 Å². The van der Waals surface area contributed by atoms with Gasteiger partial charge in [0.25, 0.3) is 6.47 Å². The fourth-order valence-corrected chi connectivity index (χ4v) is 1.04. The van der Waals surface area contributed by atoms with E-state index in [2.05, 4.69) is 9.97 Å². The van der Waals surface area contributed by atoms with E-state index in [1.54, 1.807) is 12.4 Å². The molecule has 0 atom stereocenters. The highest BCUT2D eigenvalue weighted by atomic mass is 16.3. The van der Waals surface area contributed by atoms with Crippen LogP contribution in [0.5, 0.6) is 0 Å². The van der Waals surface area contributed by atoms with E-state index in [1.807, 2.05) is 36.4 Å². The third-order valence-corrected chi connectivity index (χ3v) is 1.60. The highest BCUT2D eigenvalue weighted by Crippen LogP contribution is 2.11. The lowest BCUT2D eigenvalue weighted by molar-refractivity contribution is -0.122. The van der Waals surface area contributed by atoms with Gasteiger partial charge < -0.3 is 5.11 Å². The molecule has 0 unspecified atom stereocenters. The number of rotatable bonds is 1. The van der Waals surface area contributed by atoms with Crippen molar-refractivity contribution in [3.05, 3.63) is 48.8 Å². The Bertz CT molecular complexity index is 352. The molecule has 0 aliphatic carbocycles. The third-order valence-electron chi connectivity index (χ3n) is 1.60. The summed E-state index contributed by atoms with van der Waals surface area (Å²) < 4.78 is 0. The monoisotopic (exact) mass is 202 g/mol. The van der Waals surface area contributed by atoms with Gasteiger partial charge in [-0.1, -0.05) is 30.3 Å². The number of nitrogens with zero attached hydrogens (tertiary/aromatic N) is 2. The van der Waals surface area contributed by atoms with Crippen molar-refractivity contribution in [3.63, 3.8) is 0 Å². The van der Waals surface area contributed by atoms with Crippen LogP contribution in [0.4, 0.5) is 0 Å². The maximum absolute atomic E-state index is 8.36. The molecule has 0 aliphatic heterocycles. The van der Waals surface area contributed by atoms with Crippen LogP contribution in [-0.4, -0.2) is 21.5 Å². The van der Waals surface area contributed by atoms with E-state index in [9.17, 15) is 0 Å². The smallest absolute Gasteiger partial charge is 0.290 e. The Kier molecular flexibility index (Phi) is 4.53. The molecule has 0 aliphatic rings.